The number of nitrogens with zero attached hydrogens (tertiary/aromatic N) is 1. The number of carboxylic acids is 2. The molecule has 206 valence electrons. The summed E-state index contributed by atoms with van der Waals surface area (Å²) in [5, 5.41) is 35.2. The minimum atomic E-state index is -1.62. The fourth-order valence-electron chi connectivity index (χ4n) is 3.51. The van der Waals surface area contributed by atoms with E-state index in [2.05, 4.69) is 25.9 Å². The predicted molar refractivity (Wildman–Crippen MR) is 133 cm³/mol. The zero-order valence-electron chi connectivity index (χ0n) is 20.9. The number of H-pyrrole nitrogens is 1. The summed E-state index contributed by atoms with van der Waals surface area (Å²) in [6.07, 6.45) is 1.85. The number of aromatic nitrogens is 2. The first kappa shape index (κ1) is 29.8. The van der Waals surface area contributed by atoms with Gasteiger partial charge >= 0.3 is 11.9 Å². The number of carbonyl (C=O) groups excluding carboxylic acids is 3. The van der Waals surface area contributed by atoms with E-state index in [1.54, 1.807) is 26.0 Å². The summed E-state index contributed by atoms with van der Waals surface area (Å²) in [7, 11) is 0. The lowest BCUT2D eigenvalue weighted by molar-refractivity contribution is -0.143. The fourth-order valence-corrected chi connectivity index (χ4v) is 3.51. The number of nitrogens with two attached hydrogens (primary N) is 1. The Morgan fingerprint density at radius 3 is 2.08 bits per heavy atom. The van der Waals surface area contributed by atoms with E-state index < -0.39 is 66.2 Å². The van der Waals surface area contributed by atoms with Crippen LogP contribution in [0.25, 0.3) is 0 Å². The number of phenols is 1. The molecule has 1 aromatic carbocycles. The Morgan fingerprint density at radius 2 is 1.55 bits per heavy atom. The van der Waals surface area contributed by atoms with Gasteiger partial charge in [-0.15, -0.1) is 0 Å². The summed E-state index contributed by atoms with van der Waals surface area (Å²) in [6.45, 7) is 3.26. The first-order chi connectivity index (χ1) is 17.9. The maximum Gasteiger partial charge on any atom is 0.326 e. The summed E-state index contributed by atoms with van der Waals surface area (Å²) >= 11 is 0. The number of rotatable bonds is 14. The zero-order valence-corrected chi connectivity index (χ0v) is 20.9. The summed E-state index contributed by atoms with van der Waals surface area (Å²) in [5.41, 5.74) is 7.08. The van der Waals surface area contributed by atoms with Gasteiger partial charge in [0.15, 0.2) is 0 Å². The number of carbonyl (C=O) groups is 5. The average Bonchev–Trinajstić information content (AvgIpc) is 3.35. The molecule has 0 fully saturated rings. The molecule has 14 nitrogen and oxygen atoms in total. The van der Waals surface area contributed by atoms with Crippen molar-refractivity contribution in [2.45, 2.75) is 57.3 Å². The van der Waals surface area contributed by atoms with Crippen molar-refractivity contribution in [1.82, 2.24) is 25.9 Å². The van der Waals surface area contributed by atoms with Crippen molar-refractivity contribution in [2.75, 3.05) is 0 Å². The van der Waals surface area contributed by atoms with Crippen LogP contribution in [0.15, 0.2) is 36.8 Å². The van der Waals surface area contributed by atoms with Gasteiger partial charge in [-0.25, -0.2) is 9.78 Å². The van der Waals surface area contributed by atoms with Crippen LogP contribution in [0.2, 0.25) is 0 Å². The molecule has 1 heterocycles. The molecular formula is C24H32N6O8. The maximum atomic E-state index is 13.0. The van der Waals surface area contributed by atoms with Crippen LogP contribution in [0.1, 0.15) is 31.5 Å². The lowest BCUT2D eigenvalue weighted by atomic mass is 10.0. The number of aliphatic carboxylic acids is 2. The van der Waals surface area contributed by atoms with Crippen molar-refractivity contribution >= 4 is 29.7 Å². The van der Waals surface area contributed by atoms with E-state index in [4.69, 9.17) is 5.73 Å². The Morgan fingerprint density at radius 1 is 0.921 bits per heavy atom. The number of benzene rings is 1. The second-order valence-electron chi connectivity index (χ2n) is 9.05. The van der Waals surface area contributed by atoms with Crippen molar-refractivity contribution in [3.8, 4) is 5.75 Å². The second kappa shape index (κ2) is 13.7. The molecule has 4 atom stereocenters. The van der Waals surface area contributed by atoms with Crippen molar-refractivity contribution in [2.24, 2.45) is 11.7 Å². The Hall–Kier alpha value is -4.46. The van der Waals surface area contributed by atoms with Gasteiger partial charge in [-0.2, -0.15) is 0 Å². The van der Waals surface area contributed by atoms with Crippen molar-refractivity contribution < 1.29 is 39.3 Å². The lowest BCUT2D eigenvalue weighted by Crippen LogP contribution is -2.59. The van der Waals surface area contributed by atoms with E-state index >= 15 is 0 Å². The molecule has 0 aliphatic heterocycles. The topological polar surface area (TPSA) is 237 Å². The summed E-state index contributed by atoms with van der Waals surface area (Å²) in [5.74, 6) is -5.72. The smallest absolute Gasteiger partial charge is 0.326 e. The van der Waals surface area contributed by atoms with Crippen LogP contribution < -0.4 is 21.7 Å². The molecule has 0 bridgehead atoms. The summed E-state index contributed by atoms with van der Waals surface area (Å²) in [4.78, 5) is 68.0. The van der Waals surface area contributed by atoms with Crippen LogP contribution in [0, 0.1) is 5.92 Å². The first-order valence-corrected chi connectivity index (χ1v) is 11.7. The van der Waals surface area contributed by atoms with Crippen LogP contribution in [0.3, 0.4) is 0 Å². The van der Waals surface area contributed by atoms with Crippen LogP contribution in [-0.4, -0.2) is 79.1 Å². The van der Waals surface area contributed by atoms with Gasteiger partial charge in [-0.3, -0.25) is 19.2 Å². The van der Waals surface area contributed by atoms with E-state index in [1.165, 1.54) is 24.7 Å². The van der Waals surface area contributed by atoms with Gasteiger partial charge in [0, 0.05) is 18.3 Å². The van der Waals surface area contributed by atoms with Gasteiger partial charge < -0.3 is 42.0 Å². The number of aromatic hydroxyl groups is 1. The average molecular weight is 533 g/mol. The quantitative estimate of drug-likeness (QED) is 0.146. The standard InChI is InChI=1S/C24H32N6O8/c1-12(2)20(30-21(34)16(25)7-13-3-5-15(31)6-4-13)23(36)28-17(9-19(32)33)22(35)29-18(24(37)38)8-14-10-26-11-27-14/h3-6,10-12,16-18,20,31H,7-9,25H2,1-2H3,(H,26,27)(H,28,36)(H,29,35)(H,30,34)(H,32,33)(H,37,38). The monoisotopic (exact) mass is 532 g/mol. The van der Waals surface area contributed by atoms with Gasteiger partial charge in [0.1, 0.15) is 23.9 Å². The number of phenolic OH excluding ortho intramolecular Hbond substituents is 1. The van der Waals surface area contributed by atoms with Crippen molar-refractivity contribution in [1.29, 1.82) is 0 Å². The van der Waals surface area contributed by atoms with Crippen LogP contribution in [0.5, 0.6) is 5.75 Å². The minimum absolute atomic E-state index is 0.0549. The highest BCUT2D eigenvalue weighted by Gasteiger charge is 2.33. The van der Waals surface area contributed by atoms with Gasteiger partial charge in [0.2, 0.25) is 17.7 Å². The molecular weight excluding hydrogens is 500 g/mol. The molecule has 14 heteroatoms. The third kappa shape index (κ3) is 9.20. The van der Waals surface area contributed by atoms with E-state index in [-0.39, 0.29) is 18.6 Å². The molecule has 2 rings (SSSR count). The molecule has 0 aliphatic carbocycles. The highest BCUT2D eigenvalue weighted by Crippen LogP contribution is 2.12. The van der Waals surface area contributed by atoms with Crippen LogP contribution >= 0.6 is 0 Å². The highest BCUT2D eigenvalue weighted by atomic mass is 16.4. The Kier molecular flexibility index (Phi) is 10.8. The molecule has 9 N–H and O–H groups in total. The van der Waals surface area contributed by atoms with E-state index in [9.17, 15) is 39.3 Å². The first-order valence-electron chi connectivity index (χ1n) is 11.7. The normalized spacial score (nSPS) is 14.1. The molecule has 0 saturated carbocycles. The largest absolute Gasteiger partial charge is 0.508 e. The zero-order chi connectivity index (χ0) is 28.4. The summed E-state index contributed by atoms with van der Waals surface area (Å²) in [6, 6.07) is 0.844. The fraction of sp³-hybridized carbons (Fsp3) is 0.417. The number of carboxylic acid groups (broad SMARTS) is 2. The SMILES string of the molecule is CC(C)C(NC(=O)C(N)Cc1ccc(O)cc1)C(=O)NC(CC(=O)O)C(=O)NC(Cc1cnc[nH]1)C(=O)O. The molecule has 0 aliphatic rings. The Bertz CT molecular complexity index is 1120. The second-order valence-corrected chi connectivity index (χ2v) is 9.05. The lowest BCUT2D eigenvalue weighted by Gasteiger charge is -2.26. The molecule has 2 aromatic rings. The van der Waals surface area contributed by atoms with E-state index in [0.29, 0.717) is 11.3 Å². The van der Waals surface area contributed by atoms with Crippen LogP contribution in [0.4, 0.5) is 0 Å². The Labute approximate surface area is 218 Å². The number of amides is 3. The molecule has 0 spiro atoms. The number of aromatic amines is 1. The molecule has 0 radical (unpaired) electrons. The van der Waals surface area contributed by atoms with Gasteiger partial charge in [0.25, 0.3) is 0 Å². The maximum absolute atomic E-state index is 13.0. The van der Waals surface area contributed by atoms with E-state index in [1.807, 2.05) is 0 Å². The number of hydrogen-bond acceptors (Lipinski definition) is 8. The number of hydrogen-bond donors (Lipinski definition) is 8. The van der Waals surface area contributed by atoms with E-state index in [0.717, 1.165) is 0 Å². The molecule has 3 amide bonds. The van der Waals surface area contributed by atoms with Crippen LogP contribution in [-0.2, 0) is 36.8 Å². The Balaban J connectivity index is 2.09. The predicted octanol–water partition coefficient (Wildman–Crippen LogP) is -1.10. The molecule has 38 heavy (non-hydrogen) atoms. The number of nitrogens with one attached hydrogen (secondary N) is 4. The third-order valence-electron chi connectivity index (χ3n) is 5.58. The third-order valence-corrected chi connectivity index (χ3v) is 5.58. The highest BCUT2D eigenvalue weighted by molar-refractivity contribution is 5.95. The van der Waals surface area contributed by atoms with Crippen molar-refractivity contribution in [3.05, 3.63) is 48.0 Å². The van der Waals surface area contributed by atoms with Gasteiger partial charge in [-0.05, 0) is 30.0 Å². The summed E-state index contributed by atoms with van der Waals surface area (Å²) < 4.78 is 0. The van der Waals surface area contributed by atoms with Gasteiger partial charge in [0.05, 0.1) is 18.8 Å². The molecule has 1 aromatic heterocycles. The molecule has 4 unspecified atom stereocenters. The molecule has 0 saturated heterocycles. The van der Waals surface area contributed by atoms with Gasteiger partial charge in [-0.1, -0.05) is 26.0 Å². The number of imidazole rings is 1. The van der Waals surface area contributed by atoms with Crippen molar-refractivity contribution in [3.63, 3.8) is 0 Å². The minimum Gasteiger partial charge on any atom is -0.508 e.